The molecule has 2 aromatic rings. The number of hydrogen-bond donors (Lipinski definition) is 3. The van der Waals surface area contributed by atoms with Crippen molar-refractivity contribution in [3.8, 4) is 0 Å². The summed E-state index contributed by atoms with van der Waals surface area (Å²) < 4.78 is 31.2. The van der Waals surface area contributed by atoms with Gasteiger partial charge in [0, 0.05) is 10.0 Å². The summed E-state index contributed by atoms with van der Waals surface area (Å²) in [4.78, 5) is 42.7. The van der Waals surface area contributed by atoms with E-state index < -0.39 is 51.0 Å². The van der Waals surface area contributed by atoms with Gasteiger partial charge in [-0.05, 0) is 48.5 Å². The molecular weight excluding hydrogens is 490 g/mol. The van der Waals surface area contributed by atoms with Crippen LogP contribution in [0.1, 0.15) is 20.7 Å². The molecule has 1 saturated heterocycles. The Bertz CT molecular complexity index is 1010. The van der Waals surface area contributed by atoms with E-state index in [1.165, 1.54) is 48.5 Å². The first-order valence-corrected chi connectivity index (χ1v) is 11.3. The van der Waals surface area contributed by atoms with Crippen LogP contribution in [-0.2, 0) is 23.3 Å². The number of aliphatic hydroxyl groups is 1. The minimum Gasteiger partial charge on any atom is -0.459 e. The molecule has 32 heavy (non-hydrogen) atoms. The molecule has 1 heterocycles. The van der Waals surface area contributed by atoms with E-state index in [2.05, 4.69) is 4.52 Å². The second-order valence-electron chi connectivity index (χ2n) is 6.61. The number of benzene rings is 2. The van der Waals surface area contributed by atoms with Gasteiger partial charge in [-0.1, -0.05) is 23.2 Å². The van der Waals surface area contributed by atoms with Crippen molar-refractivity contribution >= 4 is 43.0 Å². The van der Waals surface area contributed by atoms with Crippen LogP contribution in [-0.4, -0.2) is 58.0 Å². The van der Waals surface area contributed by atoms with Crippen molar-refractivity contribution in [2.24, 2.45) is 0 Å². The number of phosphoric acid groups is 1. The predicted molar refractivity (Wildman–Crippen MR) is 110 cm³/mol. The third kappa shape index (κ3) is 6.50. The molecule has 0 aliphatic carbocycles. The van der Waals surface area contributed by atoms with Gasteiger partial charge in [0.05, 0.1) is 11.1 Å². The van der Waals surface area contributed by atoms with E-state index in [9.17, 15) is 19.3 Å². The SMILES string of the molecule is O=C(OC[C@H]1O[C@H](OP(=O)(O)O)[C@@H](O)[C@@H]1OC(=O)c1ccc(Cl)cc1)c1ccc(Cl)cc1. The number of carbonyl (C=O) groups excluding carboxylic acids is 2. The summed E-state index contributed by atoms with van der Waals surface area (Å²) in [6, 6.07) is 11.5. The number of hydrogen-bond acceptors (Lipinski definition) is 8. The molecule has 13 heteroatoms. The normalized spacial score (nSPS) is 23.0. The number of halogens is 2. The summed E-state index contributed by atoms with van der Waals surface area (Å²) in [5.74, 6) is -1.64. The Kier molecular flexibility index (Phi) is 7.92. The maximum Gasteiger partial charge on any atom is 0.472 e. The molecule has 0 aromatic heterocycles. The van der Waals surface area contributed by atoms with Crippen LogP contribution in [0, 0.1) is 0 Å². The first-order chi connectivity index (χ1) is 15.0. The highest BCUT2D eigenvalue weighted by Gasteiger charge is 2.49. The average Bonchev–Trinajstić information content (AvgIpc) is 3.00. The van der Waals surface area contributed by atoms with Crippen LogP contribution in [0.25, 0.3) is 0 Å². The third-order valence-corrected chi connectivity index (χ3v) is 5.30. The Morgan fingerprint density at radius 2 is 1.44 bits per heavy atom. The number of aliphatic hydroxyl groups excluding tert-OH is 1. The lowest BCUT2D eigenvalue weighted by Gasteiger charge is -2.20. The molecule has 1 fully saturated rings. The van der Waals surface area contributed by atoms with Crippen LogP contribution in [0.5, 0.6) is 0 Å². The summed E-state index contributed by atoms with van der Waals surface area (Å²) >= 11 is 11.6. The molecule has 0 bridgehead atoms. The van der Waals surface area contributed by atoms with Crippen LogP contribution >= 0.6 is 31.0 Å². The largest absolute Gasteiger partial charge is 0.472 e. The Labute approximate surface area is 191 Å². The van der Waals surface area contributed by atoms with Crippen molar-refractivity contribution in [3.05, 3.63) is 69.7 Å². The Morgan fingerprint density at radius 3 is 1.94 bits per heavy atom. The third-order valence-electron chi connectivity index (χ3n) is 4.31. The van der Waals surface area contributed by atoms with E-state index in [-0.39, 0.29) is 11.1 Å². The molecule has 0 unspecified atom stereocenters. The Hall–Kier alpha value is -2.01. The van der Waals surface area contributed by atoms with Gasteiger partial charge >= 0.3 is 19.8 Å². The molecule has 3 N–H and O–H groups in total. The van der Waals surface area contributed by atoms with Gasteiger partial charge in [0.1, 0.15) is 18.8 Å². The molecule has 0 amide bonds. The highest BCUT2D eigenvalue weighted by Crippen LogP contribution is 2.41. The summed E-state index contributed by atoms with van der Waals surface area (Å²) in [5, 5.41) is 11.2. The van der Waals surface area contributed by atoms with Crippen LogP contribution in [0.3, 0.4) is 0 Å². The predicted octanol–water partition coefficient (Wildman–Crippen LogP) is 2.57. The zero-order valence-electron chi connectivity index (χ0n) is 16.0. The molecule has 0 spiro atoms. The van der Waals surface area contributed by atoms with Crippen molar-refractivity contribution in [1.82, 2.24) is 0 Å². The van der Waals surface area contributed by atoms with E-state index in [1.54, 1.807) is 0 Å². The summed E-state index contributed by atoms with van der Waals surface area (Å²) in [7, 11) is -5.05. The van der Waals surface area contributed by atoms with Gasteiger partial charge < -0.3 is 29.1 Å². The van der Waals surface area contributed by atoms with Crippen molar-refractivity contribution in [3.63, 3.8) is 0 Å². The molecule has 0 radical (unpaired) electrons. The second kappa shape index (κ2) is 10.3. The molecule has 10 nitrogen and oxygen atoms in total. The standard InChI is InChI=1S/C19H17Cl2O10P/c20-12-5-1-10(2-6-12)17(23)28-9-14-16(15(22)19(29-14)31-32(25,26)27)30-18(24)11-3-7-13(21)8-4-11/h1-8,14-16,19,22H,9H2,(H2,25,26,27)/t14-,15+,16-,19-/m1/s1. The minimum absolute atomic E-state index is 0.0952. The van der Waals surface area contributed by atoms with Crippen LogP contribution in [0.2, 0.25) is 10.0 Å². The second-order valence-corrected chi connectivity index (χ2v) is 8.68. The monoisotopic (exact) mass is 506 g/mol. The average molecular weight is 507 g/mol. The van der Waals surface area contributed by atoms with Gasteiger partial charge in [-0.15, -0.1) is 0 Å². The van der Waals surface area contributed by atoms with Crippen molar-refractivity contribution < 1.29 is 47.8 Å². The quantitative estimate of drug-likeness (QED) is 0.377. The maximum absolute atomic E-state index is 12.4. The zero-order chi connectivity index (χ0) is 23.5. The van der Waals surface area contributed by atoms with E-state index in [1.807, 2.05) is 0 Å². The number of esters is 2. The molecule has 4 atom stereocenters. The summed E-state index contributed by atoms with van der Waals surface area (Å²) in [6.07, 6.45) is -6.36. The Balaban J connectivity index is 1.73. The van der Waals surface area contributed by atoms with E-state index in [0.29, 0.717) is 10.0 Å². The fraction of sp³-hybridized carbons (Fsp3) is 0.263. The number of rotatable bonds is 7. The van der Waals surface area contributed by atoms with Crippen molar-refractivity contribution in [2.75, 3.05) is 6.61 Å². The number of ether oxygens (including phenoxy) is 3. The molecule has 2 aromatic carbocycles. The molecule has 1 aliphatic heterocycles. The van der Waals surface area contributed by atoms with Gasteiger partial charge in [-0.3, -0.25) is 4.52 Å². The van der Waals surface area contributed by atoms with Crippen LogP contribution in [0.4, 0.5) is 0 Å². The lowest BCUT2D eigenvalue weighted by atomic mass is 10.1. The lowest BCUT2D eigenvalue weighted by Crippen LogP contribution is -2.39. The lowest BCUT2D eigenvalue weighted by molar-refractivity contribution is -0.126. The van der Waals surface area contributed by atoms with E-state index >= 15 is 0 Å². The van der Waals surface area contributed by atoms with Gasteiger partial charge in [-0.25, -0.2) is 14.2 Å². The molecule has 172 valence electrons. The molecule has 0 saturated carbocycles. The highest BCUT2D eigenvalue weighted by atomic mass is 35.5. The zero-order valence-corrected chi connectivity index (χ0v) is 18.4. The van der Waals surface area contributed by atoms with Gasteiger partial charge in [0.15, 0.2) is 12.4 Å². The number of carbonyl (C=O) groups is 2. The number of phosphoric ester groups is 1. The van der Waals surface area contributed by atoms with E-state index in [4.69, 9.17) is 47.2 Å². The molecule has 3 rings (SSSR count). The first kappa shape index (κ1) is 24.6. The smallest absolute Gasteiger partial charge is 0.459 e. The van der Waals surface area contributed by atoms with Crippen molar-refractivity contribution in [1.29, 1.82) is 0 Å². The fourth-order valence-electron chi connectivity index (χ4n) is 2.81. The van der Waals surface area contributed by atoms with E-state index in [0.717, 1.165) is 0 Å². The minimum atomic E-state index is -5.05. The van der Waals surface area contributed by atoms with Gasteiger partial charge in [0.25, 0.3) is 0 Å². The van der Waals surface area contributed by atoms with Crippen LogP contribution in [0.15, 0.2) is 48.5 Å². The van der Waals surface area contributed by atoms with Crippen molar-refractivity contribution in [2.45, 2.75) is 24.6 Å². The highest BCUT2D eigenvalue weighted by molar-refractivity contribution is 7.46. The van der Waals surface area contributed by atoms with Gasteiger partial charge in [-0.2, -0.15) is 0 Å². The first-order valence-electron chi connectivity index (χ1n) is 9.00. The molecular formula is C19H17Cl2O10P. The molecule has 1 aliphatic rings. The summed E-state index contributed by atoms with van der Waals surface area (Å²) in [6.45, 7) is -0.516. The van der Waals surface area contributed by atoms with Gasteiger partial charge in [0.2, 0.25) is 0 Å². The topological polar surface area (TPSA) is 149 Å². The maximum atomic E-state index is 12.4. The Morgan fingerprint density at radius 1 is 0.938 bits per heavy atom. The fourth-order valence-corrected chi connectivity index (χ4v) is 3.51. The summed E-state index contributed by atoms with van der Waals surface area (Å²) in [5.41, 5.74) is 0.267. The van der Waals surface area contributed by atoms with Crippen LogP contribution < -0.4 is 0 Å².